The van der Waals surface area contributed by atoms with Crippen LogP contribution in [-0.2, 0) is 6.54 Å². The molecule has 2 rings (SSSR count). The van der Waals surface area contributed by atoms with Crippen LogP contribution >= 0.6 is 11.6 Å². The van der Waals surface area contributed by atoms with Crippen molar-refractivity contribution in [1.82, 2.24) is 0 Å². The highest BCUT2D eigenvalue weighted by atomic mass is 35.5. The van der Waals surface area contributed by atoms with Gasteiger partial charge in [0.2, 0.25) is 5.75 Å². The van der Waals surface area contributed by atoms with Crippen LogP contribution in [0.2, 0.25) is 5.02 Å². The molecule has 0 atom stereocenters. The molecule has 6 nitrogen and oxygen atoms in total. The molecular formula is C14H13ClN2O4. The van der Waals surface area contributed by atoms with Crippen molar-refractivity contribution in [2.45, 2.75) is 6.54 Å². The first-order valence-electron chi connectivity index (χ1n) is 6.04. The summed E-state index contributed by atoms with van der Waals surface area (Å²) in [6, 6.07) is 9.27. The minimum Gasteiger partial charge on any atom is -0.497 e. The minimum atomic E-state index is -0.526. The Bertz CT molecular complexity index is 676. The van der Waals surface area contributed by atoms with E-state index in [0.29, 0.717) is 22.1 Å². The van der Waals surface area contributed by atoms with Crippen molar-refractivity contribution in [3.8, 4) is 17.2 Å². The van der Waals surface area contributed by atoms with Crippen molar-refractivity contribution >= 4 is 17.3 Å². The van der Waals surface area contributed by atoms with Gasteiger partial charge in [-0.3, -0.25) is 10.1 Å². The summed E-state index contributed by atoms with van der Waals surface area (Å²) in [6.07, 6.45) is 0. The highest BCUT2D eigenvalue weighted by molar-refractivity contribution is 6.31. The van der Waals surface area contributed by atoms with Gasteiger partial charge in [0.25, 0.3) is 0 Å². The number of nitro groups is 1. The summed E-state index contributed by atoms with van der Waals surface area (Å²) < 4.78 is 10.7. The first kappa shape index (κ1) is 15.1. The second kappa shape index (κ2) is 6.43. The third-order valence-corrected chi connectivity index (χ3v) is 3.22. The molecule has 2 N–H and O–H groups in total. The largest absolute Gasteiger partial charge is 0.497 e. The summed E-state index contributed by atoms with van der Waals surface area (Å²) in [5.41, 5.74) is 6.05. The number of methoxy groups -OCH3 is 1. The zero-order valence-corrected chi connectivity index (χ0v) is 12.0. The average Bonchev–Trinajstić information content (AvgIpc) is 2.47. The smallest absolute Gasteiger partial charge is 0.311 e. The Kier molecular flexibility index (Phi) is 4.62. The molecule has 0 aliphatic rings. The van der Waals surface area contributed by atoms with Crippen LogP contribution < -0.4 is 15.2 Å². The van der Waals surface area contributed by atoms with E-state index in [1.165, 1.54) is 25.3 Å². The molecule has 110 valence electrons. The van der Waals surface area contributed by atoms with Crippen LogP contribution in [0.4, 0.5) is 5.69 Å². The van der Waals surface area contributed by atoms with E-state index < -0.39 is 4.92 Å². The molecular weight excluding hydrogens is 296 g/mol. The third-order valence-electron chi connectivity index (χ3n) is 2.86. The molecule has 0 unspecified atom stereocenters. The molecule has 0 aromatic heterocycles. The summed E-state index contributed by atoms with van der Waals surface area (Å²) in [5, 5.41) is 11.5. The first-order valence-corrected chi connectivity index (χ1v) is 6.42. The van der Waals surface area contributed by atoms with Crippen molar-refractivity contribution in [2.75, 3.05) is 7.11 Å². The maximum absolute atomic E-state index is 11.1. The number of ether oxygens (including phenoxy) is 2. The van der Waals surface area contributed by atoms with Gasteiger partial charge in [-0.05, 0) is 18.2 Å². The lowest BCUT2D eigenvalue weighted by molar-refractivity contribution is -0.385. The molecule has 7 heteroatoms. The summed E-state index contributed by atoms with van der Waals surface area (Å²) in [4.78, 5) is 10.5. The van der Waals surface area contributed by atoms with Crippen LogP contribution in [-0.4, -0.2) is 12.0 Å². The van der Waals surface area contributed by atoms with Gasteiger partial charge in [-0.25, -0.2) is 0 Å². The number of nitrogens with two attached hydrogens (primary N) is 1. The SMILES string of the molecule is COc1ccc([N+](=O)[O-])c(Oc2cccc(Cl)c2CN)c1. The summed E-state index contributed by atoms with van der Waals surface area (Å²) in [5.74, 6) is 0.893. The number of rotatable bonds is 5. The van der Waals surface area contributed by atoms with Crippen molar-refractivity contribution in [1.29, 1.82) is 0 Å². The lowest BCUT2D eigenvalue weighted by atomic mass is 10.2. The van der Waals surface area contributed by atoms with Gasteiger partial charge in [-0.1, -0.05) is 17.7 Å². The predicted molar refractivity (Wildman–Crippen MR) is 79.1 cm³/mol. The normalized spacial score (nSPS) is 10.2. The molecule has 2 aromatic carbocycles. The van der Waals surface area contributed by atoms with E-state index in [-0.39, 0.29) is 18.0 Å². The predicted octanol–water partition coefficient (Wildman–Crippen LogP) is 3.51. The van der Waals surface area contributed by atoms with Crippen molar-refractivity contribution < 1.29 is 14.4 Å². The molecule has 2 aromatic rings. The zero-order chi connectivity index (χ0) is 15.4. The molecule has 0 aliphatic heterocycles. The molecule has 0 saturated carbocycles. The second-order valence-corrected chi connectivity index (χ2v) is 4.52. The van der Waals surface area contributed by atoms with Gasteiger partial charge in [0.05, 0.1) is 12.0 Å². The average molecular weight is 309 g/mol. The zero-order valence-electron chi connectivity index (χ0n) is 11.2. The maximum atomic E-state index is 11.1. The fraction of sp³-hybridized carbons (Fsp3) is 0.143. The van der Waals surface area contributed by atoms with E-state index in [0.717, 1.165) is 0 Å². The molecule has 0 aliphatic carbocycles. The van der Waals surface area contributed by atoms with Crippen LogP contribution in [0.15, 0.2) is 36.4 Å². The fourth-order valence-corrected chi connectivity index (χ4v) is 2.05. The molecule has 0 radical (unpaired) electrons. The third kappa shape index (κ3) is 3.24. The van der Waals surface area contributed by atoms with Crippen LogP contribution in [0.5, 0.6) is 17.2 Å². The van der Waals surface area contributed by atoms with Gasteiger partial charge in [0.15, 0.2) is 0 Å². The quantitative estimate of drug-likeness (QED) is 0.674. The monoisotopic (exact) mass is 308 g/mol. The Balaban J connectivity index is 2.48. The highest BCUT2D eigenvalue weighted by Crippen LogP contribution is 2.37. The van der Waals surface area contributed by atoms with Crippen molar-refractivity contribution in [2.24, 2.45) is 5.73 Å². The fourth-order valence-electron chi connectivity index (χ4n) is 1.81. The van der Waals surface area contributed by atoms with Crippen LogP contribution in [0.3, 0.4) is 0 Å². The van der Waals surface area contributed by atoms with Crippen LogP contribution in [0.25, 0.3) is 0 Å². The number of nitro benzene ring substituents is 1. The van der Waals surface area contributed by atoms with E-state index in [1.807, 2.05) is 0 Å². The van der Waals surface area contributed by atoms with Gasteiger partial charge < -0.3 is 15.2 Å². The molecule has 0 fully saturated rings. The van der Waals surface area contributed by atoms with Crippen molar-refractivity contribution in [3.63, 3.8) is 0 Å². The van der Waals surface area contributed by atoms with Gasteiger partial charge in [0, 0.05) is 29.3 Å². The molecule has 0 amide bonds. The Labute approximate surface area is 126 Å². The molecule has 0 bridgehead atoms. The Morgan fingerprint density at radius 2 is 2.05 bits per heavy atom. The number of halogens is 1. The van der Waals surface area contributed by atoms with Gasteiger partial charge in [-0.15, -0.1) is 0 Å². The van der Waals surface area contributed by atoms with E-state index in [4.69, 9.17) is 26.8 Å². The number of hydrogen-bond donors (Lipinski definition) is 1. The molecule has 21 heavy (non-hydrogen) atoms. The lowest BCUT2D eigenvalue weighted by Gasteiger charge is -2.12. The summed E-state index contributed by atoms with van der Waals surface area (Å²) in [7, 11) is 1.47. The molecule has 0 saturated heterocycles. The lowest BCUT2D eigenvalue weighted by Crippen LogP contribution is -2.01. The minimum absolute atomic E-state index is 0.0660. The molecule has 0 heterocycles. The van der Waals surface area contributed by atoms with Crippen LogP contribution in [0, 0.1) is 10.1 Å². The Morgan fingerprint density at radius 1 is 1.29 bits per heavy atom. The van der Waals surface area contributed by atoms with Gasteiger partial charge in [-0.2, -0.15) is 0 Å². The van der Waals surface area contributed by atoms with E-state index in [9.17, 15) is 10.1 Å². The Morgan fingerprint density at radius 3 is 2.67 bits per heavy atom. The number of nitrogens with zero attached hydrogens (tertiary/aromatic N) is 1. The van der Waals surface area contributed by atoms with Gasteiger partial charge in [0.1, 0.15) is 11.5 Å². The van der Waals surface area contributed by atoms with Crippen LogP contribution in [0.1, 0.15) is 5.56 Å². The van der Waals surface area contributed by atoms with E-state index in [1.54, 1.807) is 18.2 Å². The number of benzene rings is 2. The Hall–Kier alpha value is -2.31. The summed E-state index contributed by atoms with van der Waals surface area (Å²) >= 11 is 6.04. The molecule has 0 spiro atoms. The topological polar surface area (TPSA) is 87.6 Å². The first-order chi connectivity index (χ1) is 10.1. The van der Waals surface area contributed by atoms with Gasteiger partial charge >= 0.3 is 5.69 Å². The highest BCUT2D eigenvalue weighted by Gasteiger charge is 2.18. The van der Waals surface area contributed by atoms with Crippen molar-refractivity contribution in [3.05, 3.63) is 57.1 Å². The maximum Gasteiger partial charge on any atom is 0.311 e. The second-order valence-electron chi connectivity index (χ2n) is 4.11. The standard InChI is InChI=1S/C14H13ClN2O4/c1-20-9-5-6-12(17(18)19)14(7-9)21-13-4-2-3-11(15)10(13)8-16/h2-7H,8,16H2,1H3. The van der Waals surface area contributed by atoms with E-state index >= 15 is 0 Å². The number of hydrogen-bond acceptors (Lipinski definition) is 5. The summed E-state index contributed by atoms with van der Waals surface area (Å²) in [6.45, 7) is 0.159. The van der Waals surface area contributed by atoms with E-state index in [2.05, 4.69) is 0 Å².